The first-order valence-electron chi connectivity index (χ1n) is 11.4. The summed E-state index contributed by atoms with van der Waals surface area (Å²) in [5.74, 6) is 0. The van der Waals surface area contributed by atoms with Crippen LogP contribution in [-0.2, 0) is 0 Å². The number of aliphatic hydroxyl groups excluding tert-OH is 1. The van der Waals surface area contributed by atoms with Crippen LogP contribution in [0.15, 0.2) is 61.2 Å². The Bertz CT molecular complexity index is 1290. The van der Waals surface area contributed by atoms with Crippen molar-refractivity contribution < 1.29 is 18.3 Å². The van der Waals surface area contributed by atoms with Crippen molar-refractivity contribution in [3.63, 3.8) is 0 Å². The molecule has 3 heterocycles. The molecule has 5 rings (SSSR count). The maximum absolute atomic E-state index is 12.4. The van der Waals surface area contributed by atoms with Crippen molar-refractivity contribution in [1.29, 1.82) is 0 Å². The van der Waals surface area contributed by atoms with Crippen LogP contribution in [0.4, 0.5) is 18.9 Å². The Morgan fingerprint density at radius 1 is 1.11 bits per heavy atom. The van der Waals surface area contributed by atoms with E-state index in [2.05, 4.69) is 31.6 Å². The highest BCUT2D eigenvalue weighted by Gasteiger charge is 2.27. The van der Waals surface area contributed by atoms with Gasteiger partial charge < -0.3 is 15.7 Å². The van der Waals surface area contributed by atoms with Crippen molar-refractivity contribution in [2.45, 2.75) is 31.4 Å². The first kappa shape index (κ1) is 23.3. The van der Waals surface area contributed by atoms with E-state index in [4.69, 9.17) is 0 Å². The molecule has 2 aromatic carbocycles. The summed E-state index contributed by atoms with van der Waals surface area (Å²) < 4.78 is 41.0. The number of nitrogens with one attached hydrogen (secondary N) is 3. The molecule has 0 spiro atoms. The highest BCUT2D eigenvalue weighted by Crippen LogP contribution is 2.28. The van der Waals surface area contributed by atoms with E-state index in [1.54, 1.807) is 24.5 Å². The van der Waals surface area contributed by atoms with Crippen molar-refractivity contribution in [3.8, 4) is 16.8 Å². The highest BCUT2D eigenvalue weighted by molar-refractivity contribution is 5.83. The van der Waals surface area contributed by atoms with Gasteiger partial charge in [0.05, 0.1) is 29.8 Å². The van der Waals surface area contributed by atoms with Crippen LogP contribution in [0.3, 0.4) is 0 Å². The third-order valence-electron chi connectivity index (χ3n) is 6.09. The minimum atomic E-state index is -4.41. The van der Waals surface area contributed by atoms with Crippen molar-refractivity contribution in [3.05, 3.63) is 61.2 Å². The molecular formula is C24H26F3N7O. The molecule has 0 aliphatic carbocycles. The van der Waals surface area contributed by atoms with Gasteiger partial charge in [-0.2, -0.15) is 18.3 Å². The number of anilines is 1. The maximum Gasteiger partial charge on any atom is 0.401 e. The second-order valence-electron chi connectivity index (χ2n) is 8.60. The average molecular weight is 486 g/mol. The summed E-state index contributed by atoms with van der Waals surface area (Å²) in [6, 6.07) is 13.5. The molecule has 11 heteroatoms. The molecule has 1 atom stereocenters. The van der Waals surface area contributed by atoms with E-state index in [-0.39, 0.29) is 0 Å². The van der Waals surface area contributed by atoms with Crippen molar-refractivity contribution >= 4 is 16.7 Å². The Kier molecular flexibility index (Phi) is 6.46. The van der Waals surface area contributed by atoms with Crippen molar-refractivity contribution in [2.75, 3.05) is 25.0 Å². The monoisotopic (exact) mass is 485 g/mol. The van der Waals surface area contributed by atoms with Gasteiger partial charge in [-0.1, -0.05) is 12.1 Å². The fourth-order valence-corrected chi connectivity index (χ4v) is 4.32. The summed E-state index contributed by atoms with van der Waals surface area (Å²) in [6.45, 7) is 0.706. The molecule has 2 aromatic heterocycles. The Morgan fingerprint density at radius 3 is 2.74 bits per heavy atom. The lowest BCUT2D eigenvalue weighted by Crippen LogP contribution is -2.41. The Balaban J connectivity index is 1.33. The Hall–Kier alpha value is -3.41. The SMILES string of the molecule is OC(NCC(F)(F)F)Nc1cccc(-n2cnc3cc(-c4cnn(C5CCNCC5)c4)ccc32)c1. The topological polar surface area (TPSA) is 92.0 Å². The van der Waals surface area contributed by atoms with Crippen LogP contribution in [0.1, 0.15) is 18.9 Å². The molecule has 1 saturated heterocycles. The molecule has 0 amide bonds. The number of alkyl halides is 3. The van der Waals surface area contributed by atoms with Crippen molar-refractivity contribution in [1.82, 2.24) is 30.0 Å². The summed E-state index contributed by atoms with van der Waals surface area (Å²) in [6.07, 6.45) is 1.84. The van der Waals surface area contributed by atoms with Crippen LogP contribution < -0.4 is 16.0 Å². The zero-order valence-electron chi connectivity index (χ0n) is 18.8. The smallest absolute Gasteiger partial charge is 0.361 e. The fraction of sp³-hybridized carbons (Fsp3) is 0.333. The molecule has 35 heavy (non-hydrogen) atoms. The van der Waals surface area contributed by atoms with Crippen LogP contribution >= 0.6 is 0 Å². The molecule has 4 aromatic rings. The Morgan fingerprint density at radius 2 is 1.94 bits per heavy atom. The summed E-state index contributed by atoms with van der Waals surface area (Å²) in [5, 5.41) is 22.4. The van der Waals surface area contributed by atoms with Crippen LogP contribution in [0.2, 0.25) is 0 Å². The second kappa shape index (κ2) is 9.68. The molecule has 0 saturated carbocycles. The van der Waals surface area contributed by atoms with Crippen LogP contribution in [0, 0.1) is 0 Å². The Labute approximate surface area is 199 Å². The number of piperidine rings is 1. The zero-order chi connectivity index (χ0) is 24.4. The average Bonchev–Trinajstić information content (AvgIpc) is 3.50. The van der Waals surface area contributed by atoms with Gasteiger partial charge in [0.2, 0.25) is 0 Å². The number of hydrogen-bond donors (Lipinski definition) is 4. The predicted octanol–water partition coefficient (Wildman–Crippen LogP) is 3.65. The molecule has 0 bridgehead atoms. The number of aliphatic hydroxyl groups is 1. The van der Waals surface area contributed by atoms with Gasteiger partial charge in [0.15, 0.2) is 6.35 Å². The van der Waals surface area contributed by atoms with E-state index < -0.39 is 19.1 Å². The molecule has 8 nitrogen and oxygen atoms in total. The van der Waals surface area contributed by atoms with E-state index in [9.17, 15) is 18.3 Å². The minimum absolute atomic E-state index is 0.413. The number of imidazole rings is 1. The maximum atomic E-state index is 12.4. The van der Waals surface area contributed by atoms with Crippen LogP contribution in [0.5, 0.6) is 0 Å². The molecule has 4 N–H and O–H groups in total. The lowest BCUT2D eigenvalue weighted by atomic mass is 10.1. The standard InChI is InChI=1S/C24H26F3N7O/c25-24(26,27)14-29-23(35)32-18-2-1-3-20(11-18)33-15-30-21-10-16(4-5-22(21)33)17-12-31-34(13-17)19-6-8-28-9-7-19/h1-5,10-13,15,19,23,28-29,32,35H,6-9,14H2. The van der Waals surface area contributed by atoms with E-state index in [1.165, 1.54) is 0 Å². The molecule has 1 unspecified atom stereocenters. The van der Waals surface area contributed by atoms with E-state index in [1.807, 2.05) is 40.3 Å². The molecular weight excluding hydrogens is 459 g/mol. The number of rotatable bonds is 7. The third-order valence-corrected chi connectivity index (χ3v) is 6.09. The minimum Gasteiger partial charge on any atom is -0.361 e. The lowest BCUT2D eigenvalue weighted by molar-refractivity contribution is -0.130. The third kappa shape index (κ3) is 5.47. The summed E-state index contributed by atoms with van der Waals surface area (Å²) in [7, 11) is 0. The summed E-state index contributed by atoms with van der Waals surface area (Å²) in [4.78, 5) is 4.55. The molecule has 184 valence electrons. The van der Waals surface area contributed by atoms with Gasteiger partial charge in [-0.3, -0.25) is 14.6 Å². The van der Waals surface area contributed by atoms with Crippen molar-refractivity contribution in [2.24, 2.45) is 0 Å². The van der Waals surface area contributed by atoms with Crippen LogP contribution in [-0.4, -0.2) is 56.6 Å². The molecule has 1 fully saturated rings. The first-order valence-corrected chi connectivity index (χ1v) is 11.4. The fourth-order valence-electron chi connectivity index (χ4n) is 4.32. The normalized spacial score (nSPS) is 16.0. The van der Waals surface area contributed by atoms with Crippen LogP contribution in [0.25, 0.3) is 27.8 Å². The second-order valence-corrected chi connectivity index (χ2v) is 8.60. The van der Waals surface area contributed by atoms with E-state index in [0.29, 0.717) is 11.7 Å². The largest absolute Gasteiger partial charge is 0.401 e. The quantitative estimate of drug-likeness (QED) is 0.299. The predicted molar refractivity (Wildman–Crippen MR) is 127 cm³/mol. The van der Waals surface area contributed by atoms with Gasteiger partial charge in [0.25, 0.3) is 0 Å². The number of fused-ring (bicyclic) bond motifs is 1. The van der Waals surface area contributed by atoms with Gasteiger partial charge in [0, 0.05) is 23.1 Å². The first-order chi connectivity index (χ1) is 16.9. The van der Waals surface area contributed by atoms with E-state index in [0.717, 1.165) is 53.8 Å². The molecule has 1 aliphatic heterocycles. The summed E-state index contributed by atoms with van der Waals surface area (Å²) in [5.41, 5.74) is 4.97. The number of aromatic nitrogens is 4. The van der Waals surface area contributed by atoms with E-state index >= 15 is 0 Å². The number of benzene rings is 2. The van der Waals surface area contributed by atoms with Gasteiger partial charge >= 0.3 is 6.18 Å². The zero-order valence-corrected chi connectivity index (χ0v) is 18.8. The van der Waals surface area contributed by atoms with Gasteiger partial charge in [-0.05, 0) is 61.8 Å². The number of nitrogens with zero attached hydrogens (tertiary/aromatic N) is 4. The number of halogens is 3. The molecule has 0 radical (unpaired) electrons. The summed E-state index contributed by atoms with van der Waals surface area (Å²) >= 11 is 0. The van der Waals surface area contributed by atoms with Gasteiger partial charge in [0.1, 0.15) is 6.33 Å². The van der Waals surface area contributed by atoms with Gasteiger partial charge in [-0.25, -0.2) is 4.98 Å². The lowest BCUT2D eigenvalue weighted by Gasteiger charge is -2.22. The highest BCUT2D eigenvalue weighted by atomic mass is 19.4. The number of hydrogen-bond acceptors (Lipinski definition) is 6. The van der Waals surface area contributed by atoms with Gasteiger partial charge in [-0.15, -0.1) is 0 Å². The molecule has 1 aliphatic rings.